The molecule has 3 atom stereocenters. The predicted octanol–water partition coefficient (Wildman–Crippen LogP) is 3.66. The van der Waals surface area contributed by atoms with Gasteiger partial charge < -0.3 is 9.64 Å². The first kappa shape index (κ1) is 16.3. The number of nitrogens with zero attached hydrogens (tertiary/aromatic N) is 2. The van der Waals surface area contributed by atoms with Crippen molar-refractivity contribution < 1.29 is 9.53 Å². The molecule has 4 heteroatoms. The number of carbonyl (C=O) groups is 1. The van der Waals surface area contributed by atoms with E-state index in [1.54, 1.807) is 0 Å². The number of carbonyl (C=O) groups excluding carboxylic acids is 1. The van der Waals surface area contributed by atoms with Gasteiger partial charge in [-0.2, -0.15) is 0 Å². The average molecular weight is 316 g/mol. The molecule has 0 radical (unpaired) electrons. The van der Waals surface area contributed by atoms with Crippen molar-refractivity contribution in [3.8, 4) is 0 Å². The van der Waals surface area contributed by atoms with Crippen LogP contribution in [0.2, 0.25) is 0 Å². The second-order valence-electron chi connectivity index (χ2n) is 7.83. The Morgan fingerprint density at radius 2 is 1.91 bits per heavy atom. The molecule has 1 aromatic carbocycles. The van der Waals surface area contributed by atoms with Crippen LogP contribution in [-0.4, -0.2) is 46.2 Å². The normalized spacial score (nSPS) is 28.0. The number of amides is 1. The number of piperazine rings is 1. The van der Waals surface area contributed by atoms with Gasteiger partial charge in [0.2, 0.25) is 0 Å². The van der Waals surface area contributed by atoms with Crippen molar-refractivity contribution in [1.29, 1.82) is 0 Å². The molecule has 23 heavy (non-hydrogen) atoms. The molecule has 0 N–H and O–H groups in total. The molecule has 2 aliphatic rings. The Morgan fingerprint density at radius 1 is 1.22 bits per heavy atom. The largest absolute Gasteiger partial charge is 0.444 e. The van der Waals surface area contributed by atoms with Crippen molar-refractivity contribution in [2.24, 2.45) is 0 Å². The van der Waals surface area contributed by atoms with Crippen LogP contribution >= 0.6 is 0 Å². The highest BCUT2D eigenvalue weighted by Gasteiger charge is 2.46. The Hall–Kier alpha value is -1.55. The molecule has 3 rings (SSSR count). The standard InChI is InChI=1S/C19H28N2O2/c1-14-17-11-10-16(13-20(14)18(22)23-19(2,3)4)21(17)12-15-8-6-5-7-9-15/h5-9,14,16-17H,10-13H2,1-4H3/t14?,16-,17+/m1/s1. The summed E-state index contributed by atoms with van der Waals surface area (Å²) in [6.45, 7) is 9.69. The lowest BCUT2D eigenvalue weighted by Crippen LogP contribution is -2.60. The fourth-order valence-corrected chi connectivity index (χ4v) is 3.88. The first-order valence-electron chi connectivity index (χ1n) is 8.64. The Kier molecular flexibility index (Phi) is 4.37. The summed E-state index contributed by atoms with van der Waals surface area (Å²) < 4.78 is 5.59. The lowest BCUT2D eigenvalue weighted by atomic mass is 10.0. The second kappa shape index (κ2) is 6.16. The third-order valence-electron chi connectivity index (χ3n) is 4.98. The van der Waals surface area contributed by atoms with E-state index in [1.807, 2.05) is 25.7 Å². The number of hydrogen-bond acceptors (Lipinski definition) is 3. The highest BCUT2D eigenvalue weighted by Crippen LogP contribution is 2.35. The van der Waals surface area contributed by atoms with E-state index in [1.165, 1.54) is 12.0 Å². The van der Waals surface area contributed by atoms with E-state index in [2.05, 4.69) is 42.2 Å². The first-order valence-corrected chi connectivity index (χ1v) is 8.64. The molecule has 2 bridgehead atoms. The van der Waals surface area contributed by atoms with Gasteiger partial charge in [-0.1, -0.05) is 30.3 Å². The highest BCUT2D eigenvalue weighted by molar-refractivity contribution is 5.69. The molecule has 1 amide bonds. The topological polar surface area (TPSA) is 32.8 Å². The molecule has 4 nitrogen and oxygen atoms in total. The monoisotopic (exact) mass is 316 g/mol. The molecule has 2 fully saturated rings. The van der Waals surface area contributed by atoms with E-state index in [0.717, 1.165) is 19.5 Å². The molecule has 0 saturated carbocycles. The summed E-state index contributed by atoms with van der Waals surface area (Å²) in [6.07, 6.45) is 2.17. The van der Waals surface area contributed by atoms with Crippen LogP contribution in [0, 0.1) is 0 Å². The molecular weight excluding hydrogens is 288 g/mol. The number of ether oxygens (including phenoxy) is 1. The summed E-state index contributed by atoms with van der Waals surface area (Å²) >= 11 is 0. The van der Waals surface area contributed by atoms with Gasteiger partial charge in [0.25, 0.3) is 0 Å². The summed E-state index contributed by atoms with van der Waals surface area (Å²) in [7, 11) is 0. The zero-order valence-corrected chi connectivity index (χ0v) is 14.7. The van der Waals surface area contributed by atoms with Gasteiger partial charge in [0.15, 0.2) is 0 Å². The zero-order chi connectivity index (χ0) is 16.6. The van der Waals surface area contributed by atoms with E-state index >= 15 is 0 Å². The number of hydrogen-bond donors (Lipinski definition) is 0. The van der Waals surface area contributed by atoms with E-state index < -0.39 is 5.60 Å². The molecule has 1 aromatic rings. The highest BCUT2D eigenvalue weighted by atomic mass is 16.6. The van der Waals surface area contributed by atoms with Crippen LogP contribution in [0.1, 0.15) is 46.1 Å². The van der Waals surface area contributed by atoms with E-state index in [0.29, 0.717) is 12.1 Å². The van der Waals surface area contributed by atoms with Gasteiger partial charge in [0.05, 0.1) is 0 Å². The quantitative estimate of drug-likeness (QED) is 0.835. The second-order valence-corrected chi connectivity index (χ2v) is 7.83. The van der Waals surface area contributed by atoms with Crippen molar-refractivity contribution >= 4 is 6.09 Å². The van der Waals surface area contributed by atoms with Crippen molar-refractivity contribution in [1.82, 2.24) is 9.80 Å². The summed E-state index contributed by atoms with van der Waals surface area (Å²) in [5, 5.41) is 0. The van der Waals surface area contributed by atoms with Crippen molar-refractivity contribution in [3.05, 3.63) is 35.9 Å². The van der Waals surface area contributed by atoms with Crippen molar-refractivity contribution in [3.63, 3.8) is 0 Å². The molecule has 2 saturated heterocycles. The maximum absolute atomic E-state index is 12.5. The summed E-state index contributed by atoms with van der Waals surface area (Å²) in [5.74, 6) is 0. The van der Waals surface area contributed by atoms with Crippen molar-refractivity contribution in [2.75, 3.05) is 6.54 Å². The van der Waals surface area contributed by atoms with Crippen LogP contribution in [0.5, 0.6) is 0 Å². The first-order chi connectivity index (χ1) is 10.8. The number of rotatable bonds is 2. The fraction of sp³-hybridized carbons (Fsp3) is 0.632. The van der Waals surface area contributed by atoms with Crippen LogP contribution in [0.3, 0.4) is 0 Å². The molecule has 1 unspecified atom stereocenters. The summed E-state index contributed by atoms with van der Waals surface area (Å²) in [5.41, 5.74) is 0.916. The molecule has 0 spiro atoms. The Labute approximate surface area is 139 Å². The summed E-state index contributed by atoms with van der Waals surface area (Å²) in [4.78, 5) is 17.0. The minimum atomic E-state index is -0.434. The number of fused-ring (bicyclic) bond motifs is 2. The Bertz CT molecular complexity index is 552. The predicted molar refractivity (Wildman–Crippen MR) is 91.2 cm³/mol. The third-order valence-corrected chi connectivity index (χ3v) is 4.98. The fourth-order valence-electron chi connectivity index (χ4n) is 3.88. The van der Waals surface area contributed by atoms with Crippen molar-refractivity contribution in [2.45, 2.75) is 70.8 Å². The minimum Gasteiger partial charge on any atom is -0.444 e. The van der Waals surface area contributed by atoms with Gasteiger partial charge in [0.1, 0.15) is 5.60 Å². The van der Waals surface area contributed by atoms with Gasteiger partial charge in [-0.25, -0.2) is 4.79 Å². The lowest BCUT2D eigenvalue weighted by molar-refractivity contribution is -0.0197. The van der Waals surface area contributed by atoms with E-state index in [4.69, 9.17) is 4.74 Å². The van der Waals surface area contributed by atoms with E-state index in [-0.39, 0.29) is 12.1 Å². The van der Waals surface area contributed by atoms with Crippen LogP contribution in [-0.2, 0) is 11.3 Å². The molecule has 0 aromatic heterocycles. The van der Waals surface area contributed by atoms with Gasteiger partial charge in [-0.3, -0.25) is 4.90 Å². The van der Waals surface area contributed by atoms with E-state index in [9.17, 15) is 4.79 Å². The van der Waals surface area contributed by atoms with Crippen LogP contribution in [0.15, 0.2) is 30.3 Å². The lowest BCUT2D eigenvalue weighted by Gasteiger charge is -2.45. The molecule has 126 valence electrons. The smallest absolute Gasteiger partial charge is 0.410 e. The van der Waals surface area contributed by atoms with Gasteiger partial charge in [-0.15, -0.1) is 0 Å². The van der Waals surface area contributed by atoms with Gasteiger partial charge >= 0.3 is 6.09 Å². The van der Waals surface area contributed by atoms with Crippen LogP contribution < -0.4 is 0 Å². The molecular formula is C19H28N2O2. The summed E-state index contributed by atoms with van der Waals surface area (Å²) in [6, 6.07) is 11.7. The maximum atomic E-state index is 12.5. The molecule has 2 aliphatic heterocycles. The number of likely N-dealkylation sites (tertiary alicyclic amines) is 1. The minimum absolute atomic E-state index is 0.165. The van der Waals surface area contributed by atoms with Gasteiger partial charge in [0, 0.05) is 31.2 Å². The third kappa shape index (κ3) is 3.52. The maximum Gasteiger partial charge on any atom is 0.410 e. The zero-order valence-electron chi connectivity index (χ0n) is 14.7. The van der Waals surface area contributed by atoms with Crippen LogP contribution in [0.25, 0.3) is 0 Å². The van der Waals surface area contributed by atoms with Gasteiger partial charge in [-0.05, 0) is 46.1 Å². The SMILES string of the molecule is CC1[C@@H]2CC[C@H](CN1C(=O)OC(C)(C)C)N2Cc1ccccc1. The Balaban J connectivity index is 1.70. The number of benzene rings is 1. The average Bonchev–Trinajstić information content (AvgIpc) is 2.76. The molecule has 2 heterocycles. The van der Waals surface area contributed by atoms with Crippen LogP contribution in [0.4, 0.5) is 4.79 Å². The molecule has 0 aliphatic carbocycles. The Morgan fingerprint density at radius 3 is 2.57 bits per heavy atom.